The molecule has 46 heavy (non-hydrogen) atoms. The van der Waals surface area contributed by atoms with Gasteiger partial charge in [0.15, 0.2) is 0 Å². The third-order valence-electron chi connectivity index (χ3n) is 8.90. The number of hydrogen-bond acceptors (Lipinski definition) is 10. The Hall–Kier alpha value is -3.34. The highest BCUT2D eigenvalue weighted by Gasteiger charge is 2.42. The number of carbonyl (C=O) groups excluding carboxylic acids is 3. The number of aliphatic hydroxyl groups excluding tert-OH is 2. The number of esters is 2. The van der Waals surface area contributed by atoms with Crippen LogP contribution in [-0.2, 0) is 19.1 Å². The molecule has 0 fully saturated rings. The van der Waals surface area contributed by atoms with E-state index >= 15 is 0 Å². The van der Waals surface area contributed by atoms with Crippen LogP contribution in [0, 0.1) is 24.2 Å². The van der Waals surface area contributed by atoms with E-state index in [0.29, 0.717) is 31.2 Å². The minimum atomic E-state index is -1.30. The van der Waals surface area contributed by atoms with Gasteiger partial charge in [0.05, 0.1) is 40.3 Å². The molecule has 9 nitrogen and oxygen atoms in total. The molecule has 0 spiro atoms. The van der Waals surface area contributed by atoms with E-state index in [-0.39, 0.29) is 24.7 Å². The fourth-order valence-electron chi connectivity index (χ4n) is 5.60. The van der Waals surface area contributed by atoms with Crippen molar-refractivity contribution in [3.8, 4) is 0 Å². The lowest BCUT2D eigenvalue weighted by Crippen LogP contribution is -2.45. The fourth-order valence-corrected chi connectivity index (χ4v) is 6.17. The van der Waals surface area contributed by atoms with Crippen LogP contribution in [0.2, 0.25) is 0 Å². The number of ketones is 1. The van der Waals surface area contributed by atoms with Crippen molar-refractivity contribution in [2.24, 2.45) is 17.3 Å². The van der Waals surface area contributed by atoms with Gasteiger partial charge in [-0.05, 0) is 74.4 Å². The van der Waals surface area contributed by atoms with Crippen LogP contribution in [-0.4, -0.2) is 71.9 Å². The number of aliphatic hydroxyl groups is 2. The number of nitrogens with zero attached hydrogens (tertiary/aromatic N) is 2. The number of Topliss-reactive ketones (excluding diaryl/α,β-unsaturated/α-hetero) is 1. The normalized spacial score (nSPS) is 26.5. The molecule has 0 saturated carbocycles. The van der Waals surface area contributed by atoms with E-state index in [4.69, 9.17) is 9.47 Å². The Balaban J connectivity index is 1.92. The van der Waals surface area contributed by atoms with Crippen LogP contribution in [0.25, 0.3) is 6.08 Å². The number of hydrogen-bond donors (Lipinski definition) is 2. The molecule has 2 aromatic rings. The highest BCUT2D eigenvalue weighted by atomic mass is 32.1. The number of aryl methyl sites for hydroxylation is 1. The number of benzene rings is 1. The lowest BCUT2D eigenvalue weighted by molar-refractivity contribution is -0.154. The lowest BCUT2D eigenvalue weighted by Gasteiger charge is -2.34. The Kier molecular flexibility index (Phi) is 13.3. The number of thiazole rings is 1. The molecule has 10 heteroatoms. The molecule has 1 aromatic heterocycles. The zero-order valence-corrected chi connectivity index (χ0v) is 29.2. The largest absolute Gasteiger partial charge is 0.458 e. The smallest absolute Gasteiger partial charge is 0.338 e. The standard InChI is InChI=1S/C36H50N2O7S/c1-22-11-9-12-26(20-44-35(43)27-13-10-14-29(18-27)38(7)8)15-16-30(23(2)17-28-21-46-25(4)37-28)45-32(40)19-31(39)36(5,6)34(42)24(3)33(22)41/h10,13-15,17-18,21-22,24,30-31,33,39,41H,9,11-12,16,19-20H2,1-8H3/b23-17+,26-15+/t22-,24+,30-,31-,33-/m0/s1. The first-order valence-corrected chi connectivity index (χ1v) is 16.8. The van der Waals surface area contributed by atoms with Gasteiger partial charge < -0.3 is 24.6 Å². The molecule has 1 aliphatic rings. The van der Waals surface area contributed by atoms with Crippen LogP contribution in [0.1, 0.15) is 87.8 Å². The summed E-state index contributed by atoms with van der Waals surface area (Å²) >= 11 is 1.52. The zero-order valence-electron chi connectivity index (χ0n) is 28.4. The summed E-state index contributed by atoms with van der Waals surface area (Å²) in [5.41, 5.74) is 2.44. The minimum Gasteiger partial charge on any atom is -0.458 e. The van der Waals surface area contributed by atoms with Gasteiger partial charge in [-0.3, -0.25) is 9.59 Å². The number of aromatic nitrogens is 1. The van der Waals surface area contributed by atoms with E-state index < -0.39 is 41.6 Å². The molecular weight excluding hydrogens is 604 g/mol. The van der Waals surface area contributed by atoms with Crippen LogP contribution in [0.4, 0.5) is 5.69 Å². The molecule has 0 unspecified atom stereocenters. The van der Waals surface area contributed by atoms with Gasteiger partial charge in [-0.2, -0.15) is 0 Å². The predicted octanol–water partition coefficient (Wildman–Crippen LogP) is 6.17. The van der Waals surface area contributed by atoms with Crippen molar-refractivity contribution in [1.82, 2.24) is 4.98 Å². The Bertz CT molecular complexity index is 1430. The van der Waals surface area contributed by atoms with Crippen molar-refractivity contribution in [2.75, 3.05) is 25.6 Å². The quantitative estimate of drug-likeness (QED) is 0.278. The molecule has 1 aromatic carbocycles. The average Bonchev–Trinajstić information content (AvgIpc) is 3.43. The number of anilines is 1. The fraction of sp³-hybridized carbons (Fsp3) is 0.556. The highest BCUT2D eigenvalue weighted by Crippen LogP contribution is 2.32. The summed E-state index contributed by atoms with van der Waals surface area (Å²) in [6, 6.07) is 7.22. The third kappa shape index (κ3) is 10.1. The predicted molar refractivity (Wildman–Crippen MR) is 182 cm³/mol. The second kappa shape index (κ2) is 16.5. The summed E-state index contributed by atoms with van der Waals surface area (Å²) in [6.45, 7) is 10.6. The molecule has 0 bridgehead atoms. The van der Waals surface area contributed by atoms with Crippen LogP contribution < -0.4 is 4.90 Å². The van der Waals surface area contributed by atoms with Crippen molar-refractivity contribution in [3.63, 3.8) is 0 Å². The first kappa shape index (κ1) is 37.1. The molecule has 252 valence electrons. The molecular formula is C36H50N2O7S. The van der Waals surface area contributed by atoms with Gasteiger partial charge in [-0.15, -0.1) is 11.3 Å². The monoisotopic (exact) mass is 654 g/mol. The minimum absolute atomic E-state index is 0.0540. The Morgan fingerprint density at radius 1 is 1.22 bits per heavy atom. The van der Waals surface area contributed by atoms with Crippen LogP contribution >= 0.6 is 11.3 Å². The Morgan fingerprint density at radius 2 is 1.93 bits per heavy atom. The van der Waals surface area contributed by atoms with Gasteiger partial charge in [0.1, 0.15) is 18.5 Å². The van der Waals surface area contributed by atoms with E-state index in [9.17, 15) is 24.6 Å². The summed E-state index contributed by atoms with van der Waals surface area (Å²) in [6.07, 6.45) is 2.78. The molecule has 2 N–H and O–H groups in total. The molecule has 0 aliphatic carbocycles. The molecule has 1 aliphatic heterocycles. The van der Waals surface area contributed by atoms with Gasteiger partial charge in [0, 0.05) is 37.5 Å². The second-order valence-corrected chi connectivity index (χ2v) is 14.3. The molecule has 5 atom stereocenters. The van der Waals surface area contributed by atoms with Crippen molar-refractivity contribution in [2.45, 2.75) is 92.0 Å². The van der Waals surface area contributed by atoms with E-state index in [0.717, 1.165) is 27.5 Å². The van der Waals surface area contributed by atoms with Gasteiger partial charge in [0.25, 0.3) is 0 Å². The van der Waals surface area contributed by atoms with Crippen LogP contribution in [0.3, 0.4) is 0 Å². The Morgan fingerprint density at radius 3 is 2.59 bits per heavy atom. The third-order valence-corrected chi connectivity index (χ3v) is 9.69. The summed E-state index contributed by atoms with van der Waals surface area (Å²) in [5, 5.41) is 24.9. The van der Waals surface area contributed by atoms with Gasteiger partial charge >= 0.3 is 11.9 Å². The van der Waals surface area contributed by atoms with Crippen LogP contribution in [0.5, 0.6) is 0 Å². The number of carbonyl (C=O) groups is 3. The topological polar surface area (TPSA) is 126 Å². The van der Waals surface area contributed by atoms with Crippen molar-refractivity contribution < 1.29 is 34.1 Å². The summed E-state index contributed by atoms with van der Waals surface area (Å²) < 4.78 is 11.7. The van der Waals surface area contributed by atoms with Crippen LogP contribution in [0.15, 0.2) is 46.9 Å². The summed E-state index contributed by atoms with van der Waals surface area (Å²) in [5.74, 6) is -2.32. The maximum Gasteiger partial charge on any atom is 0.338 e. The van der Waals surface area contributed by atoms with Crippen molar-refractivity contribution >= 4 is 40.8 Å². The first-order chi connectivity index (χ1) is 21.6. The molecule has 0 saturated heterocycles. The second-order valence-electron chi connectivity index (χ2n) is 13.2. The van der Waals surface area contributed by atoms with E-state index in [2.05, 4.69) is 4.98 Å². The molecule has 0 amide bonds. The molecule has 2 heterocycles. The highest BCUT2D eigenvalue weighted by molar-refractivity contribution is 7.09. The van der Waals surface area contributed by atoms with E-state index in [1.165, 1.54) is 11.3 Å². The van der Waals surface area contributed by atoms with Crippen molar-refractivity contribution in [3.05, 3.63) is 63.1 Å². The van der Waals surface area contributed by atoms with Crippen molar-refractivity contribution in [1.29, 1.82) is 0 Å². The van der Waals surface area contributed by atoms with Gasteiger partial charge in [-0.25, -0.2) is 9.78 Å². The zero-order chi connectivity index (χ0) is 34.2. The molecule has 3 rings (SSSR count). The maximum absolute atomic E-state index is 13.4. The Labute approximate surface area is 277 Å². The summed E-state index contributed by atoms with van der Waals surface area (Å²) in [4.78, 5) is 46.1. The molecule has 0 radical (unpaired) electrons. The average molecular weight is 655 g/mol. The summed E-state index contributed by atoms with van der Waals surface area (Å²) in [7, 11) is 3.80. The van der Waals surface area contributed by atoms with E-state index in [1.807, 2.05) is 69.4 Å². The van der Waals surface area contributed by atoms with E-state index in [1.54, 1.807) is 32.9 Å². The number of ether oxygens (including phenoxy) is 2. The lowest BCUT2D eigenvalue weighted by atomic mass is 9.73. The number of rotatable bonds is 6. The SMILES string of the molecule is C/C(=C\c1csc(C)n1)[C@@H]1C/C=C(/COC(=O)c2cccc(N(C)C)c2)CCC[C@H](C)[C@H](O)[C@@H](C)C(=O)C(C)(C)[C@@H](O)CC(=O)O1. The maximum atomic E-state index is 13.4. The van der Waals surface area contributed by atoms with Gasteiger partial charge in [0.2, 0.25) is 0 Å². The van der Waals surface area contributed by atoms with Gasteiger partial charge in [-0.1, -0.05) is 39.8 Å². The first-order valence-electron chi connectivity index (χ1n) is 15.9. The number of cyclic esters (lactones) is 1.